The second-order valence-electron chi connectivity index (χ2n) is 6.15. The van der Waals surface area contributed by atoms with Crippen LogP contribution in [0, 0.1) is 5.41 Å². The molecule has 3 unspecified atom stereocenters. The Balaban J connectivity index is 1.76. The smallest absolute Gasteiger partial charge is 0.0246 e. The highest BCUT2D eigenvalue weighted by Gasteiger charge is 2.46. The number of hydrogen-bond donors (Lipinski definition) is 1. The molecule has 2 saturated carbocycles. The first-order valence-electron chi connectivity index (χ1n) is 7.18. The molecule has 0 aromatic rings. The maximum absolute atomic E-state index is 11.1. The van der Waals surface area contributed by atoms with Crippen molar-refractivity contribution in [2.75, 3.05) is 12.0 Å². The molecule has 100 valence electrons. The quantitative estimate of drug-likeness (QED) is 0.820. The molecule has 0 aromatic carbocycles. The lowest BCUT2D eigenvalue weighted by molar-refractivity contribution is 0.0174. The summed E-state index contributed by atoms with van der Waals surface area (Å²) in [7, 11) is -0.638. The lowest BCUT2D eigenvalue weighted by atomic mass is 9.57. The first kappa shape index (κ1) is 13.5. The molecule has 1 spiro atoms. The van der Waals surface area contributed by atoms with Gasteiger partial charge in [-0.2, -0.15) is 0 Å². The van der Waals surface area contributed by atoms with Gasteiger partial charge in [-0.25, -0.2) is 0 Å². The van der Waals surface area contributed by atoms with Crippen LogP contribution in [0.2, 0.25) is 0 Å². The van der Waals surface area contributed by atoms with E-state index in [4.69, 9.17) is 0 Å². The Labute approximate surface area is 108 Å². The predicted molar refractivity (Wildman–Crippen MR) is 74.7 cm³/mol. The van der Waals surface area contributed by atoms with E-state index in [1.165, 1.54) is 44.9 Å². The van der Waals surface area contributed by atoms with Gasteiger partial charge in [-0.3, -0.25) is 4.21 Å². The summed E-state index contributed by atoms with van der Waals surface area (Å²) in [6.45, 7) is 2.25. The average molecular weight is 257 g/mol. The minimum atomic E-state index is -0.638. The first-order chi connectivity index (χ1) is 8.12. The van der Waals surface area contributed by atoms with E-state index in [-0.39, 0.29) is 0 Å². The predicted octanol–water partition coefficient (Wildman–Crippen LogP) is 2.85. The summed E-state index contributed by atoms with van der Waals surface area (Å²) >= 11 is 0. The molecule has 17 heavy (non-hydrogen) atoms. The third kappa shape index (κ3) is 3.31. The molecule has 1 N–H and O–H groups in total. The molecule has 0 aromatic heterocycles. The van der Waals surface area contributed by atoms with Gasteiger partial charge in [-0.15, -0.1) is 0 Å². The largest absolute Gasteiger partial charge is 0.311 e. The molecule has 3 atom stereocenters. The summed E-state index contributed by atoms with van der Waals surface area (Å²) in [5.74, 6) is 0.841. The van der Waals surface area contributed by atoms with Gasteiger partial charge in [0.05, 0.1) is 0 Å². The fourth-order valence-electron chi connectivity index (χ4n) is 3.58. The van der Waals surface area contributed by atoms with Gasteiger partial charge in [0.1, 0.15) is 0 Å². The number of rotatable bonds is 5. The lowest BCUT2D eigenvalue weighted by Crippen LogP contribution is -2.56. The molecule has 2 aliphatic rings. The summed E-state index contributed by atoms with van der Waals surface area (Å²) in [5, 5.41) is 3.80. The second-order valence-corrected chi connectivity index (χ2v) is 7.70. The third-order valence-corrected chi connectivity index (χ3v) is 5.65. The second kappa shape index (κ2) is 5.83. The zero-order chi connectivity index (χ0) is 12.3. The Hall–Kier alpha value is 0.110. The normalized spacial score (nSPS) is 30.8. The Kier molecular flexibility index (Phi) is 4.65. The van der Waals surface area contributed by atoms with Crippen LogP contribution in [0.25, 0.3) is 0 Å². The van der Waals surface area contributed by atoms with E-state index in [0.717, 1.165) is 18.2 Å². The van der Waals surface area contributed by atoms with Gasteiger partial charge < -0.3 is 5.32 Å². The van der Waals surface area contributed by atoms with E-state index < -0.39 is 10.8 Å². The molecule has 2 aliphatic carbocycles. The molecule has 0 bridgehead atoms. The van der Waals surface area contributed by atoms with Gasteiger partial charge in [-0.05, 0) is 44.4 Å². The van der Waals surface area contributed by atoms with Crippen molar-refractivity contribution in [2.45, 2.75) is 70.4 Å². The average Bonchev–Trinajstić information content (AvgIpc) is 2.33. The van der Waals surface area contributed by atoms with E-state index in [0.29, 0.717) is 11.5 Å². The zero-order valence-corrected chi connectivity index (χ0v) is 12.2. The van der Waals surface area contributed by atoms with Crippen LogP contribution in [0.5, 0.6) is 0 Å². The molecule has 2 rings (SSSR count). The SMILES string of the molecule is CC(CCS(C)=O)NC1CCC12CCCCC2. The van der Waals surface area contributed by atoms with E-state index in [9.17, 15) is 4.21 Å². The Bertz CT molecular complexity index is 273. The van der Waals surface area contributed by atoms with Crippen LogP contribution in [0.4, 0.5) is 0 Å². The summed E-state index contributed by atoms with van der Waals surface area (Å²) in [4.78, 5) is 0. The van der Waals surface area contributed by atoms with Gasteiger partial charge in [-0.1, -0.05) is 19.3 Å². The van der Waals surface area contributed by atoms with Gasteiger partial charge in [0.15, 0.2) is 0 Å². The van der Waals surface area contributed by atoms with Crippen molar-refractivity contribution in [3.05, 3.63) is 0 Å². The van der Waals surface area contributed by atoms with E-state index in [1.54, 1.807) is 6.26 Å². The minimum Gasteiger partial charge on any atom is -0.311 e. The highest BCUT2D eigenvalue weighted by atomic mass is 32.2. The van der Waals surface area contributed by atoms with Gasteiger partial charge in [0.2, 0.25) is 0 Å². The van der Waals surface area contributed by atoms with Crippen LogP contribution in [0.3, 0.4) is 0 Å². The van der Waals surface area contributed by atoms with Crippen molar-refractivity contribution in [3.8, 4) is 0 Å². The van der Waals surface area contributed by atoms with Gasteiger partial charge >= 0.3 is 0 Å². The zero-order valence-electron chi connectivity index (χ0n) is 11.3. The van der Waals surface area contributed by atoms with E-state index in [2.05, 4.69) is 12.2 Å². The molecule has 3 heteroatoms. The minimum absolute atomic E-state index is 0.531. The Morgan fingerprint density at radius 3 is 2.53 bits per heavy atom. The summed E-state index contributed by atoms with van der Waals surface area (Å²) in [5.41, 5.74) is 0.651. The van der Waals surface area contributed by atoms with Crippen molar-refractivity contribution in [1.29, 1.82) is 0 Å². The van der Waals surface area contributed by atoms with E-state index >= 15 is 0 Å². The topological polar surface area (TPSA) is 29.1 Å². The highest BCUT2D eigenvalue weighted by Crippen LogP contribution is 2.51. The monoisotopic (exact) mass is 257 g/mol. The molecule has 0 amide bonds. The molecule has 0 saturated heterocycles. The van der Waals surface area contributed by atoms with Crippen LogP contribution < -0.4 is 5.32 Å². The summed E-state index contributed by atoms with van der Waals surface area (Å²) in [6, 6.07) is 1.28. The fraction of sp³-hybridized carbons (Fsp3) is 1.00. The molecule has 2 nitrogen and oxygen atoms in total. The summed E-state index contributed by atoms with van der Waals surface area (Å²) in [6.07, 6.45) is 12.9. The fourth-order valence-corrected chi connectivity index (χ4v) is 4.27. The van der Waals surface area contributed by atoms with Gasteiger partial charge in [0.25, 0.3) is 0 Å². The molecular formula is C14H27NOS. The molecule has 2 fully saturated rings. The molecule has 0 radical (unpaired) electrons. The first-order valence-corrected chi connectivity index (χ1v) is 8.91. The van der Waals surface area contributed by atoms with Crippen LogP contribution in [-0.2, 0) is 10.8 Å². The number of hydrogen-bond acceptors (Lipinski definition) is 2. The highest BCUT2D eigenvalue weighted by molar-refractivity contribution is 7.84. The maximum atomic E-state index is 11.1. The third-order valence-electron chi connectivity index (χ3n) is 4.84. The van der Waals surface area contributed by atoms with Crippen LogP contribution >= 0.6 is 0 Å². The lowest BCUT2D eigenvalue weighted by Gasteiger charge is -2.53. The Morgan fingerprint density at radius 1 is 1.29 bits per heavy atom. The number of nitrogens with one attached hydrogen (secondary N) is 1. The standard InChI is InChI=1S/C14H27NOS/c1-12(7-11-17(2)16)15-13-6-10-14(13)8-4-3-5-9-14/h12-13,15H,3-11H2,1-2H3. The Morgan fingerprint density at radius 2 is 2.00 bits per heavy atom. The maximum Gasteiger partial charge on any atom is 0.0246 e. The van der Waals surface area contributed by atoms with Gasteiger partial charge in [0, 0.05) is 34.9 Å². The van der Waals surface area contributed by atoms with Crippen molar-refractivity contribution >= 4 is 10.8 Å². The molecule has 0 aliphatic heterocycles. The van der Waals surface area contributed by atoms with Crippen molar-refractivity contribution in [1.82, 2.24) is 5.32 Å². The van der Waals surface area contributed by atoms with Crippen LogP contribution in [0.15, 0.2) is 0 Å². The summed E-state index contributed by atoms with van der Waals surface area (Å²) < 4.78 is 11.1. The van der Waals surface area contributed by atoms with Crippen LogP contribution in [-0.4, -0.2) is 28.3 Å². The van der Waals surface area contributed by atoms with Crippen molar-refractivity contribution in [2.24, 2.45) is 5.41 Å². The van der Waals surface area contributed by atoms with E-state index in [1.807, 2.05) is 0 Å². The van der Waals surface area contributed by atoms with Crippen molar-refractivity contribution < 1.29 is 4.21 Å². The van der Waals surface area contributed by atoms with Crippen LogP contribution in [0.1, 0.15) is 58.3 Å². The molecular weight excluding hydrogens is 230 g/mol. The molecule has 0 heterocycles. The van der Waals surface area contributed by atoms with Crippen molar-refractivity contribution in [3.63, 3.8) is 0 Å².